The Labute approximate surface area is 179 Å². The molecule has 0 saturated heterocycles. The fourth-order valence-corrected chi connectivity index (χ4v) is 3.29. The minimum atomic E-state index is -4.37. The normalized spacial score (nSPS) is 12.6. The first-order valence-electron chi connectivity index (χ1n) is 9.71. The molecule has 5 nitrogen and oxygen atoms in total. The fourth-order valence-electron chi connectivity index (χ4n) is 3.29. The summed E-state index contributed by atoms with van der Waals surface area (Å²) in [6.07, 6.45) is -1.17. The molecular formula is C23H23F3N4O. The summed E-state index contributed by atoms with van der Waals surface area (Å²) in [5, 5.41) is 0. The minimum absolute atomic E-state index is 0.301. The van der Waals surface area contributed by atoms with Crippen molar-refractivity contribution in [3.8, 4) is 0 Å². The zero-order valence-corrected chi connectivity index (χ0v) is 17.5. The second kappa shape index (κ2) is 9.16. The van der Waals surface area contributed by atoms with E-state index >= 15 is 0 Å². The Morgan fingerprint density at radius 3 is 2.55 bits per heavy atom. The van der Waals surface area contributed by atoms with Crippen LogP contribution < -0.4 is 9.80 Å². The van der Waals surface area contributed by atoms with Gasteiger partial charge in [-0.3, -0.25) is 4.79 Å². The van der Waals surface area contributed by atoms with Crippen LogP contribution in [0.3, 0.4) is 0 Å². The monoisotopic (exact) mass is 428 g/mol. The number of nitrogens with zero attached hydrogens (tertiary/aromatic N) is 4. The van der Waals surface area contributed by atoms with E-state index in [0.717, 1.165) is 41.8 Å². The third-order valence-corrected chi connectivity index (χ3v) is 4.84. The molecule has 2 aromatic heterocycles. The van der Waals surface area contributed by atoms with Gasteiger partial charge in [0.15, 0.2) is 0 Å². The first kappa shape index (κ1) is 22.3. The molecule has 0 atom stereocenters. The van der Waals surface area contributed by atoms with Gasteiger partial charge < -0.3 is 9.80 Å². The molecule has 1 amide bonds. The molecule has 0 unspecified atom stereocenters. The molecule has 8 heteroatoms. The second-order valence-electron chi connectivity index (χ2n) is 7.30. The molecule has 162 valence electrons. The van der Waals surface area contributed by atoms with Crippen molar-refractivity contribution >= 4 is 23.7 Å². The van der Waals surface area contributed by atoms with Crippen molar-refractivity contribution in [2.45, 2.75) is 26.4 Å². The lowest BCUT2D eigenvalue weighted by Crippen LogP contribution is -2.17. The summed E-state index contributed by atoms with van der Waals surface area (Å²) in [5.41, 5.74) is 2.80. The number of pyridine rings is 2. The highest BCUT2D eigenvalue weighted by Gasteiger charge is 2.32. The number of carbonyl (C=O) groups excluding carboxylic acids is 1. The number of amides is 1. The quantitative estimate of drug-likeness (QED) is 0.546. The first-order valence-corrected chi connectivity index (χ1v) is 9.71. The predicted octanol–water partition coefficient (Wildman–Crippen LogP) is 5.09. The van der Waals surface area contributed by atoms with Gasteiger partial charge in [0.2, 0.25) is 6.41 Å². The highest BCUT2D eigenvalue weighted by molar-refractivity contribution is 5.74. The molecule has 1 aliphatic rings. The maximum atomic E-state index is 12.9. The number of benzene rings is 1. The fraction of sp³-hybridized carbons (Fsp3) is 0.261. The SMILES string of the molecule is Cc1cc(C(F)(F)F)cc(N2CCc3cccnc32)n1.Cc1cccc(N(C)C=O)c1. The van der Waals surface area contributed by atoms with Gasteiger partial charge in [0.25, 0.3) is 0 Å². The van der Waals surface area contributed by atoms with Crippen LogP contribution in [0.2, 0.25) is 0 Å². The van der Waals surface area contributed by atoms with Crippen LogP contribution in [0.15, 0.2) is 54.7 Å². The molecule has 1 aromatic carbocycles. The number of hydrogen-bond acceptors (Lipinski definition) is 4. The van der Waals surface area contributed by atoms with E-state index in [4.69, 9.17) is 0 Å². The lowest BCUT2D eigenvalue weighted by Gasteiger charge is -2.19. The van der Waals surface area contributed by atoms with Gasteiger partial charge >= 0.3 is 6.18 Å². The maximum absolute atomic E-state index is 12.9. The average Bonchev–Trinajstić information content (AvgIpc) is 3.17. The molecule has 31 heavy (non-hydrogen) atoms. The Morgan fingerprint density at radius 2 is 1.87 bits per heavy atom. The van der Waals surface area contributed by atoms with Crippen LogP contribution >= 0.6 is 0 Å². The number of halogens is 3. The summed E-state index contributed by atoms with van der Waals surface area (Å²) >= 11 is 0. The van der Waals surface area contributed by atoms with E-state index in [0.29, 0.717) is 23.9 Å². The molecule has 0 aliphatic carbocycles. The Hall–Kier alpha value is -3.42. The highest BCUT2D eigenvalue weighted by atomic mass is 19.4. The smallest absolute Gasteiger partial charge is 0.318 e. The third-order valence-electron chi connectivity index (χ3n) is 4.84. The van der Waals surface area contributed by atoms with Crippen LogP contribution in [-0.2, 0) is 17.4 Å². The van der Waals surface area contributed by atoms with Gasteiger partial charge in [0.05, 0.1) is 5.56 Å². The Balaban J connectivity index is 0.000000210. The van der Waals surface area contributed by atoms with E-state index in [1.807, 2.05) is 43.3 Å². The number of carbonyl (C=O) groups is 1. The molecule has 0 radical (unpaired) electrons. The number of fused-ring (bicyclic) bond motifs is 1. The summed E-state index contributed by atoms with van der Waals surface area (Å²) < 4.78 is 38.6. The molecule has 0 fully saturated rings. The number of alkyl halides is 3. The van der Waals surface area contributed by atoms with Crippen molar-refractivity contribution in [3.63, 3.8) is 0 Å². The molecule has 0 saturated carbocycles. The standard InChI is InChI=1S/C14H12F3N3.C9H11NO/c1-9-7-11(14(15,16)17)8-12(19-9)20-6-4-10-3-2-5-18-13(10)20;1-8-4-3-5-9(6-8)10(2)7-11/h2-3,5,7-8H,4,6H2,1H3;3-7H,1-2H3. The number of hydrogen-bond donors (Lipinski definition) is 0. The van der Waals surface area contributed by atoms with Crippen LogP contribution in [0, 0.1) is 13.8 Å². The Bertz CT molecular complexity index is 1070. The molecule has 3 heterocycles. The van der Waals surface area contributed by atoms with Crippen molar-refractivity contribution in [2.24, 2.45) is 0 Å². The number of aryl methyl sites for hydroxylation is 2. The maximum Gasteiger partial charge on any atom is 0.416 e. The average molecular weight is 428 g/mol. The molecule has 0 N–H and O–H groups in total. The number of anilines is 3. The van der Waals surface area contributed by atoms with Crippen molar-refractivity contribution in [3.05, 3.63) is 77.1 Å². The van der Waals surface area contributed by atoms with Crippen molar-refractivity contribution < 1.29 is 18.0 Å². The Morgan fingerprint density at radius 1 is 1.10 bits per heavy atom. The molecule has 3 aromatic rings. The second-order valence-corrected chi connectivity index (χ2v) is 7.30. The summed E-state index contributed by atoms with van der Waals surface area (Å²) in [5.74, 6) is 0.994. The van der Waals surface area contributed by atoms with Crippen LogP contribution in [0.1, 0.15) is 22.4 Å². The first-order chi connectivity index (χ1) is 14.7. The summed E-state index contributed by atoms with van der Waals surface area (Å²) in [6.45, 7) is 4.16. The molecular weight excluding hydrogens is 405 g/mol. The van der Waals surface area contributed by atoms with Gasteiger partial charge in [-0.2, -0.15) is 13.2 Å². The topological polar surface area (TPSA) is 49.3 Å². The van der Waals surface area contributed by atoms with E-state index in [1.54, 1.807) is 30.0 Å². The minimum Gasteiger partial charge on any atom is -0.318 e. The van der Waals surface area contributed by atoms with E-state index in [2.05, 4.69) is 9.97 Å². The molecule has 0 spiro atoms. The number of rotatable bonds is 3. The predicted molar refractivity (Wildman–Crippen MR) is 115 cm³/mol. The van der Waals surface area contributed by atoms with Gasteiger partial charge in [-0.1, -0.05) is 18.2 Å². The van der Waals surface area contributed by atoms with E-state index in [1.165, 1.54) is 0 Å². The van der Waals surface area contributed by atoms with E-state index in [9.17, 15) is 18.0 Å². The van der Waals surface area contributed by atoms with Crippen molar-refractivity contribution in [1.29, 1.82) is 0 Å². The van der Waals surface area contributed by atoms with Crippen LogP contribution in [0.25, 0.3) is 0 Å². The van der Waals surface area contributed by atoms with E-state index in [-0.39, 0.29) is 0 Å². The van der Waals surface area contributed by atoms with Gasteiger partial charge in [-0.25, -0.2) is 9.97 Å². The van der Waals surface area contributed by atoms with Crippen LogP contribution in [0.5, 0.6) is 0 Å². The summed E-state index contributed by atoms with van der Waals surface area (Å²) in [6, 6.07) is 13.7. The lowest BCUT2D eigenvalue weighted by molar-refractivity contribution is -0.137. The van der Waals surface area contributed by atoms with Gasteiger partial charge in [0, 0.05) is 31.2 Å². The van der Waals surface area contributed by atoms with Crippen LogP contribution in [-0.4, -0.2) is 30.0 Å². The summed E-state index contributed by atoms with van der Waals surface area (Å²) in [4.78, 5) is 22.1. The molecule has 1 aliphatic heterocycles. The Kier molecular flexibility index (Phi) is 6.58. The molecule has 0 bridgehead atoms. The van der Waals surface area contributed by atoms with Gasteiger partial charge in [0.1, 0.15) is 11.6 Å². The van der Waals surface area contributed by atoms with Gasteiger partial charge in [-0.05, 0) is 61.7 Å². The third kappa shape index (κ3) is 5.39. The zero-order valence-electron chi connectivity index (χ0n) is 17.5. The highest BCUT2D eigenvalue weighted by Crippen LogP contribution is 2.35. The van der Waals surface area contributed by atoms with Crippen molar-refractivity contribution in [2.75, 3.05) is 23.4 Å². The molecule has 4 rings (SSSR count). The number of aromatic nitrogens is 2. The lowest BCUT2D eigenvalue weighted by atomic mass is 10.2. The largest absolute Gasteiger partial charge is 0.416 e. The van der Waals surface area contributed by atoms with Crippen LogP contribution in [0.4, 0.5) is 30.5 Å². The van der Waals surface area contributed by atoms with E-state index < -0.39 is 11.7 Å². The summed E-state index contributed by atoms with van der Waals surface area (Å²) in [7, 11) is 1.74. The van der Waals surface area contributed by atoms with Gasteiger partial charge in [-0.15, -0.1) is 0 Å². The van der Waals surface area contributed by atoms with Crippen molar-refractivity contribution in [1.82, 2.24) is 9.97 Å². The zero-order chi connectivity index (χ0) is 22.6.